The highest BCUT2D eigenvalue weighted by atomic mass is 79.9. The van der Waals surface area contributed by atoms with Crippen LogP contribution < -0.4 is 0 Å². The van der Waals surface area contributed by atoms with E-state index >= 15 is 0 Å². The van der Waals surface area contributed by atoms with Crippen LogP contribution in [0, 0.1) is 5.82 Å². The molecule has 0 aliphatic carbocycles. The molecule has 6 heteroatoms. The van der Waals surface area contributed by atoms with Crippen LogP contribution in [0.4, 0.5) is 4.39 Å². The minimum absolute atomic E-state index is 0.118. The van der Waals surface area contributed by atoms with Gasteiger partial charge in [-0.25, -0.2) is 4.39 Å². The van der Waals surface area contributed by atoms with Crippen molar-refractivity contribution in [3.63, 3.8) is 0 Å². The number of nitrogens with zero attached hydrogens (tertiary/aromatic N) is 3. The quantitative estimate of drug-likeness (QED) is 0.420. The molecule has 0 bridgehead atoms. The molecule has 1 heterocycles. The summed E-state index contributed by atoms with van der Waals surface area (Å²) in [6.07, 6.45) is 0. The average molecular weight is 448 g/mol. The highest BCUT2D eigenvalue weighted by Crippen LogP contribution is 2.29. The topological polar surface area (TPSA) is 30.7 Å². The first kappa shape index (κ1) is 20.1. The van der Waals surface area contributed by atoms with Crippen molar-refractivity contribution in [1.82, 2.24) is 14.8 Å². The van der Waals surface area contributed by atoms with Gasteiger partial charge in [-0.1, -0.05) is 78.8 Å². The van der Waals surface area contributed by atoms with Crippen LogP contribution >= 0.6 is 27.7 Å². The molecule has 0 saturated carbocycles. The maximum atomic E-state index is 14.1. The Labute approximate surface area is 172 Å². The summed E-state index contributed by atoms with van der Waals surface area (Å²) in [4.78, 5) is 0. The lowest BCUT2D eigenvalue weighted by Gasteiger charge is -2.19. The standard InChI is InChI=1S/C21H23BrFN3S/c1-5-26-19(14-6-9-16(10-7-14)21(2,3)4)24-25-20(26)27-13-15-8-11-17(22)12-18(15)23/h6-12H,5,13H2,1-4H3. The van der Waals surface area contributed by atoms with Crippen LogP contribution in [0.2, 0.25) is 0 Å². The monoisotopic (exact) mass is 447 g/mol. The predicted molar refractivity (Wildman–Crippen MR) is 113 cm³/mol. The Bertz CT molecular complexity index is 930. The molecule has 0 N–H and O–H groups in total. The molecule has 0 aliphatic heterocycles. The van der Waals surface area contributed by atoms with E-state index in [1.807, 2.05) is 6.07 Å². The summed E-state index contributed by atoms with van der Waals surface area (Å²) in [7, 11) is 0. The molecule has 2 aromatic carbocycles. The molecule has 0 radical (unpaired) electrons. The number of benzene rings is 2. The maximum Gasteiger partial charge on any atom is 0.191 e. The molecule has 1 aromatic heterocycles. The molecule has 3 nitrogen and oxygen atoms in total. The van der Waals surface area contributed by atoms with E-state index in [1.54, 1.807) is 6.07 Å². The summed E-state index contributed by atoms with van der Waals surface area (Å²) >= 11 is 4.79. The first-order chi connectivity index (χ1) is 12.8. The molecule has 0 atom stereocenters. The van der Waals surface area contributed by atoms with E-state index in [9.17, 15) is 4.39 Å². The second kappa shape index (κ2) is 8.15. The number of aromatic nitrogens is 3. The molecule has 0 fully saturated rings. The molecule has 3 rings (SSSR count). The number of rotatable bonds is 5. The predicted octanol–water partition coefficient (Wildman–Crippen LogP) is 6.46. The maximum absolute atomic E-state index is 14.1. The molecule has 0 amide bonds. The Hall–Kier alpha value is -1.66. The third-order valence-electron chi connectivity index (χ3n) is 4.41. The van der Waals surface area contributed by atoms with Gasteiger partial charge in [0.2, 0.25) is 0 Å². The minimum atomic E-state index is -0.211. The van der Waals surface area contributed by atoms with Crippen molar-refractivity contribution < 1.29 is 4.39 Å². The lowest BCUT2D eigenvalue weighted by atomic mass is 9.87. The molecule has 0 unspecified atom stereocenters. The Balaban J connectivity index is 1.82. The molecular weight excluding hydrogens is 425 g/mol. The van der Waals surface area contributed by atoms with E-state index in [4.69, 9.17) is 0 Å². The number of thioether (sulfide) groups is 1. The van der Waals surface area contributed by atoms with Gasteiger partial charge in [-0.15, -0.1) is 10.2 Å². The zero-order valence-electron chi connectivity index (χ0n) is 16.0. The number of hydrogen-bond acceptors (Lipinski definition) is 3. The van der Waals surface area contributed by atoms with Crippen LogP contribution in [0.5, 0.6) is 0 Å². The van der Waals surface area contributed by atoms with Gasteiger partial charge in [0.25, 0.3) is 0 Å². The SMILES string of the molecule is CCn1c(SCc2ccc(Br)cc2F)nnc1-c1ccc(C(C)(C)C)cc1. The molecule has 0 saturated heterocycles. The molecule has 0 aliphatic rings. The Morgan fingerprint density at radius 1 is 1.07 bits per heavy atom. The van der Waals surface area contributed by atoms with Crippen molar-refractivity contribution in [2.75, 3.05) is 0 Å². The number of hydrogen-bond donors (Lipinski definition) is 0. The second-order valence-electron chi connectivity index (χ2n) is 7.40. The van der Waals surface area contributed by atoms with Crippen LogP contribution in [0.25, 0.3) is 11.4 Å². The Morgan fingerprint density at radius 3 is 2.37 bits per heavy atom. The fourth-order valence-corrected chi connectivity index (χ4v) is 4.12. The van der Waals surface area contributed by atoms with Crippen LogP contribution in [-0.4, -0.2) is 14.8 Å². The van der Waals surface area contributed by atoms with E-state index < -0.39 is 0 Å². The van der Waals surface area contributed by atoms with Gasteiger partial charge in [-0.05, 0) is 35.6 Å². The zero-order valence-corrected chi connectivity index (χ0v) is 18.4. The minimum Gasteiger partial charge on any atom is -0.302 e. The van der Waals surface area contributed by atoms with E-state index in [0.29, 0.717) is 11.3 Å². The average Bonchev–Trinajstić information content (AvgIpc) is 3.03. The van der Waals surface area contributed by atoms with Gasteiger partial charge in [0.1, 0.15) is 5.82 Å². The summed E-state index contributed by atoms with van der Waals surface area (Å²) < 4.78 is 16.9. The zero-order chi connectivity index (χ0) is 19.6. The molecule has 27 heavy (non-hydrogen) atoms. The normalized spacial score (nSPS) is 11.8. The van der Waals surface area contributed by atoms with Crippen LogP contribution in [0.3, 0.4) is 0 Å². The molecule has 3 aromatic rings. The second-order valence-corrected chi connectivity index (χ2v) is 9.26. The van der Waals surface area contributed by atoms with Crippen LogP contribution in [0.15, 0.2) is 52.1 Å². The lowest BCUT2D eigenvalue weighted by Crippen LogP contribution is -2.10. The van der Waals surface area contributed by atoms with Gasteiger partial charge in [0.05, 0.1) is 0 Å². The van der Waals surface area contributed by atoms with Gasteiger partial charge in [-0.2, -0.15) is 0 Å². The first-order valence-electron chi connectivity index (χ1n) is 8.90. The summed E-state index contributed by atoms with van der Waals surface area (Å²) in [5.74, 6) is 1.15. The van der Waals surface area contributed by atoms with Crippen molar-refractivity contribution >= 4 is 27.7 Å². The van der Waals surface area contributed by atoms with Crippen molar-refractivity contribution in [1.29, 1.82) is 0 Å². The van der Waals surface area contributed by atoms with E-state index in [0.717, 1.165) is 27.6 Å². The smallest absolute Gasteiger partial charge is 0.191 e. The van der Waals surface area contributed by atoms with E-state index in [1.165, 1.54) is 23.4 Å². The highest BCUT2D eigenvalue weighted by Gasteiger charge is 2.17. The van der Waals surface area contributed by atoms with Crippen molar-refractivity contribution in [2.24, 2.45) is 0 Å². The fraction of sp³-hybridized carbons (Fsp3) is 0.333. The largest absolute Gasteiger partial charge is 0.302 e. The summed E-state index contributed by atoms with van der Waals surface area (Å²) in [6, 6.07) is 13.6. The van der Waals surface area contributed by atoms with Crippen molar-refractivity contribution in [3.05, 3.63) is 63.9 Å². The van der Waals surface area contributed by atoms with Crippen LogP contribution in [0.1, 0.15) is 38.8 Å². The van der Waals surface area contributed by atoms with Crippen molar-refractivity contribution in [2.45, 2.75) is 50.6 Å². The third-order valence-corrected chi connectivity index (χ3v) is 5.92. The van der Waals surface area contributed by atoms with Crippen LogP contribution in [-0.2, 0) is 17.7 Å². The molecule has 0 spiro atoms. The Kier molecular flexibility index (Phi) is 6.06. The summed E-state index contributed by atoms with van der Waals surface area (Å²) in [5.41, 5.74) is 3.10. The molecular formula is C21H23BrFN3S. The van der Waals surface area contributed by atoms with Gasteiger partial charge in [0.15, 0.2) is 11.0 Å². The van der Waals surface area contributed by atoms with Gasteiger partial charge in [-0.3, -0.25) is 0 Å². The summed E-state index contributed by atoms with van der Waals surface area (Å²) in [6.45, 7) is 9.43. The first-order valence-corrected chi connectivity index (χ1v) is 10.7. The third kappa shape index (κ3) is 4.61. The van der Waals surface area contributed by atoms with Gasteiger partial charge in [0, 0.05) is 22.3 Å². The highest BCUT2D eigenvalue weighted by molar-refractivity contribution is 9.10. The summed E-state index contributed by atoms with van der Waals surface area (Å²) in [5, 5.41) is 9.53. The van der Waals surface area contributed by atoms with Crippen molar-refractivity contribution in [3.8, 4) is 11.4 Å². The van der Waals surface area contributed by atoms with Gasteiger partial charge >= 0.3 is 0 Å². The van der Waals surface area contributed by atoms with E-state index in [2.05, 4.69) is 82.7 Å². The Morgan fingerprint density at radius 2 is 1.78 bits per heavy atom. The molecule has 142 valence electrons. The fourth-order valence-electron chi connectivity index (χ4n) is 2.79. The number of halogens is 2. The van der Waals surface area contributed by atoms with E-state index in [-0.39, 0.29) is 11.2 Å². The lowest BCUT2D eigenvalue weighted by molar-refractivity contribution is 0.590. The van der Waals surface area contributed by atoms with Gasteiger partial charge < -0.3 is 4.57 Å².